The standard InChI is InChI=1S/C11H12O3S/c1-7-2-9-10(14-6-13-9)3-8(7)11(15)4-12-5-11/h2-3,15H,4-6H2,1H3. The number of ether oxygens (including phenoxy) is 3. The maximum Gasteiger partial charge on any atom is 0.231 e. The Morgan fingerprint density at radius 3 is 2.47 bits per heavy atom. The molecule has 3 nitrogen and oxygen atoms in total. The van der Waals surface area contributed by atoms with Gasteiger partial charge in [-0.15, -0.1) is 0 Å². The second kappa shape index (κ2) is 3.06. The molecular weight excluding hydrogens is 212 g/mol. The predicted octanol–water partition coefficient (Wildman–Crippen LogP) is 1.88. The molecule has 1 aromatic carbocycles. The molecule has 3 rings (SSSR count). The number of benzene rings is 1. The number of hydrogen-bond donors (Lipinski definition) is 1. The van der Waals surface area contributed by atoms with Crippen LogP contribution in [0.2, 0.25) is 0 Å². The molecule has 0 spiro atoms. The maximum absolute atomic E-state index is 5.36. The first-order chi connectivity index (χ1) is 7.19. The zero-order chi connectivity index (χ0) is 10.5. The summed E-state index contributed by atoms with van der Waals surface area (Å²) in [6.07, 6.45) is 0. The Balaban J connectivity index is 2.08. The first kappa shape index (κ1) is 9.36. The van der Waals surface area contributed by atoms with Gasteiger partial charge in [-0.05, 0) is 30.2 Å². The minimum absolute atomic E-state index is 0.148. The summed E-state index contributed by atoms with van der Waals surface area (Å²) in [5.41, 5.74) is 2.36. The van der Waals surface area contributed by atoms with E-state index < -0.39 is 0 Å². The monoisotopic (exact) mass is 224 g/mol. The van der Waals surface area contributed by atoms with Gasteiger partial charge in [0.05, 0.1) is 18.0 Å². The first-order valence-electron chi connectivity index (χ1n) is 4.90. The van der Waals surface area contributed by atoms with Crippen LogP contribution in [0, 0.1) is 6.92 Å². The van der Waals surface area contributed by atoms with Gasteiger partial charge in [0.2, 0.25) is 6.79 Å². The molecule has 0 aromatic heterocycles. The van der Waals surface area contributed by atoms with Crippen LogP contribution >= 0.6 is 12.6 Å². The molecule has 0 saturated carbocycles. The molecule has 0 aliphatic carbocycles. The van der Waals surface area contributed by atoms with Gasteiger partial charge in [-0.2, -0.15) is 12.6 Å². The SMILES string of the molecule is Cc1cc2c(cc1C1(S)COC1)OCO2. The van der Waals surface area contributed by atoms with Crippen molar-refractivity contribution in [1.29, 1.82) is 0 Å². The summed E-state index contributed by atoms with van der Waals surface area (Å²) in [7, 11) is 0. The Bertz CT molecular complexity index is 413. The molecule has 0 atom stereocenters. The van der Waals surface area contributed by atoms with Crippen LogP contribution < -0.4 is 9.47 Å². The van der Waals surface area contributed by atoms with Gasteiger partial charge in [-0.1, -0.05) is 0 Å². The van der Waals surface area contributed by atoms with Gasteiger partial charge in [0.15, 0.2) is 11.5 Å². The van der Waals surface area contributed by atoms with Crippen LogP contribution in [0.3, 0.4) is 0 Å². The lowest BCUT2D eigenvalue weighted by Crippen LogP contribution is -2.42. The molecule has 0 unspecified atom stereocenters. The Hall–Kier alpha value is -0.870. The molecule has 1 saturated heterocycles. The van der Waals surface area contributed by atoms with E-state index in [2.05, 4.69) is 19.6 Å². The van der Waals surface area contributed by atoms with Crippen molar-refractivity contribution in [2.75, 3.05) is 20.0 Å². The average molecular weight is 224 g/mol. The highest BCUT2D eigenvalue weighted by atomic mass is 32.1. The summed E-state index contributed by atoms with van der Waals surface area (Å²) >= 11 is 4.65. The Labute approximate surface area is 93.7 Å². The molecule has 4 heteroatoms. The van der Waals surface area contributed by atoms with E-state index in [0.29, 0.717) is 20.0 Å². The lowest BCUT2D eigenvalue weighted by Gasteiger charge is -2.38. The second-order valence-corrected chi connectivity index (χ2v) is 4.90. The average Bonchev–Trinajstić information content (AvgIpc) is 2.60. The number of rotatable bonds is 1. The second-order valence-electron chi connectivity index (χ2n) is 4.04. The van der Waals surface area contributed by atoms with Crippen molar-refractivity contribution >= 4 is 12.6 Å². The van der Waals surface area contributed by atoms with Crippen molar-refractivity contribution in [3.8, 4) is 11.5 Å². The van der Waals surface area contributed by atoms with E-state index in [-0.39, 0.29) is 4.75 Å². The van der Waals surface area contributed by atoms with E-state index in [0.717, 1.165) is 11.5 Å². The fourth-order valence-electron chi connectivity index (χ4n) is 2.00. The van der Waals surface area contributed by atoms with Crippen molar-refractivity contribution in [1.82, 2.24) is 0 Å². The van der Waals surface area contributed by atoms with Crippen LogP contribution in [0.4, 0.5) is 0 Å². The molecule has 0 N–H and O–H groups in total. The van der Waals surface area contributed by atoms with E-state index in [4.69, 9.17) is 14.2 Å². The van der Waals surface area contributed by atoms with Gasteiger partial charge in [0.25, 0.3) is 0 Å². The third kappa shape index (κ3) is 1.32. The summed E-state index contributed by atoms with van der Waals surface area (Å²) in [6.45, 7) is 3.70. The van der Waals surface area contributed by atoms with E-state index in [9.17, 15) is 0 Å². The van der Waals surface area contributed by atoms with Gasteiger partial charge < -0.3 is 14.2 Å². The van der Waals surface area contributed by atoms with Crippen LogP contribution in [-0.4, -0.2) is 20.0 Å². The quantitative estimate of drug-likeness (QED) is 0.738. The lowest BCUT2D eigenvalue weighted by molar-refractivity contribution is -0.0100. The lowest BCUT2D eigenvalue weighted by atomic mass is 9.92. The van der Waals surface area contributed by atoms with Crippen LogP contribution in [0.25, 0.3) is 0 Å². The van der Waals surface area contributed by atoms with Crippen LogP contribution in [-0.2, 0) is 9.48 Å². The number of aryl methyl sites for hydroxylation is 1. The Morgan fingerprint density at radius 2 is 1.87 bits per heavy atom. The van der Waals surface area contributed by atoms with E-state index in [1.54, 1.807) is 0 Å². The van der Waals surface area contributed by atoms with Crippen LogP contribution in [0.5, 0.6) is 11.5 Å². The third-order valence-electron chi connectivity index (χ3n) is 2.90. The molecule has 0 amide bonds. The van der Waals surface area contributed by atoms with Crippen molar-refractivity contribution < 1.29 is 14.2 Å². The molecule has 1 aromatic rings. The minimum Gasteiger partial charge on any atom is -0.454 e. The molecule has 2 aliphatic rings. The number of fused-ring (bicyclic) bond motifs is 1. The van der Waals surface area contributed by atoms with E-state index >= 15 is 0 Å². The highest BCUT2D eigenvalue weighted by molar-refractivity contribution is 7.81. The van der Waals surface area contributed by atoms with E-state index in [1.807, 2.05) is 12.1 Å². The summed E-state index contributed by atoms with van der Waals surface area (Å²) in [6, 6.07) is 4.03. The summed E-state index contributed by atoms with van der Waals surface area (Å²) in [5, 5.41) is 0. The largest absolute Gasteiger partial charge is 0.454 e. The van der Waals surface area contributed by atoms with Crippen LogP contribution in [0.1, 0.15) is 11.1 Å². The molecule has 15 heavy (non-hydrogen) atoms. The van der Waals surface area contributed by atoms with Crippen molar-refractivity contribution in [2.45, 2.75) is 11.7 Å². The first-order valence-corrected chi connectivity index (χ1v) is 5.35. The van der Waals surface area contributed by atoms with Gasteiger partial charge in [0, 0.05) is 0 Å². The molecule has 80 valence electrons. The zero-order valence-corrected chi connectivity index (χ0v) is 9.34. The maximum atomic E-state index is 5.36. The molecule has 1 fully saturated rings. The van der Waals surface area contributed by atoms with Crippen molar-refractivity contribution in [3.63, 3.8) is 0 Å². The highest BCUT2D eigenvalue weighted by Crippen LogP contribution is 2.43. The van der Waals surface area contributed by atoms with Gasteiger partial charge in [0.1, 0.15) is 0 Å². The zero-order valence-electron chi connectivity index (χ0n) is 8.45. The molecule has 0 bridgehead atoms. The normalized spacial score (nSPS) is 21.2. The minimum atomic E-state index is -0.148. The van der Waals surface area contributed by atoms with Gasteiger partial charge >= 0.3 is 0 Å². The predicted molar refractivity (Wildman–Crippen MR) is 58.8 cm³/mol. The van der Waals surface area contributed by atoms with Crippen molar-refractivity contribution in [2.24, 2.45) is 0 Å². The summed E-state index contributed by atoms with van der Waals surface area (Å²) < 4.78 is 15.8. The third-order valence-corrected chi connectivity index (χ3v) is 3.40. The molecular formula is C11H12O3S. The molecule has 2 heterocycles. The summed E-state index contributed by atoms with van der Waals surface area (Å²) in [4.78, 5) is 0. The molecule has 0 radical (unpaired) electrons. The van der Waals surface area contributed by atoms with Crippen LogP contribution in [0.15, 0.2) is 12.1 Å². The number of hydrogen-bond acceptors (Lipinski definition) is 4. The van der Waals surface area contributed by atoms with E-state index in [1.165, 1.54) is 11.1 Å². The summed E-state index contributed by atoms with van der Waals surface area (Å²) in [5.74, 6) is 1.64. The highest BCUT2D eigenvalue weighted by Gasteiger charge is 2.38. The van der Waals surface area contributed by atoms with Crippen molar-refractivity contribution in [3.05, 3.63) is 23.3 Å². The Kier molecular flexibility index (Phi) is 1.91. The number of thiol groups is 1. The fourth-order valence-corrected chi connectivity index (χ4v) is 2.42. The van der Waals surface area contributed by atoms with Gasteiger partial charge in [-0.25, -0.2) is 0 Å². The topological polar surface area (TPSA) is 27.7 Å². The Morgan fingerprint density at radius 1 is 1.20 bits per heavy atom. The molecule has 2 aliphatic heterocycles. The smallest absolute Gasteiger partial charge is 0.231 e. The fraction of sp³-hybridized carbons (Fsp3) is 0.455. The van der Waals surface area contributed by atoms with Gasteiger partial charge in [-0.3, -0.25) is 0 Å².